The molecule has 1 heterocycles. The van der Waals surface area contributed by atoms with Crippen LogP contribution < -0.4 is 20.5 Å². The number of rotatable bonds is 4. The van der Waals surface area contributed by atoms with Gasteiger partial charge in [0.05, 0.1) is 19.8 Å². The SMILES string of the molecule is C=CCNC(N)=NCc1cccc2c1OCCCO2.I. The fourth-order valence-electron chi connectivity index (χ4n) is 1.78. The average Bonchev–Trinajstić information content (AvgIpc) is 2.68. The Labute approximate surface area is 136 Å². The molecule has 1 aromatic rings. The Bertz CT molecular complexity index is 477. The van der Waals surface area contributed by atoms with E-state index in [9.17, 15) is 0 Å². The van der Waals surface area contributed by atoms with E-state index in [0.29, 0.717) is 32.3 Å². The molecule has 0 amide bonds. The zero-order chi connectivity index (χ0) is 13.5. The normalized spacial score (nSPS) is 13.9. The first-order valence-corrected chi connectivity index (χ1v) is 6.33. The molecule has 0 fully saturated rings. The van der Waals surface area contributed by atoms with Crippen molar-refractivity contribution in [2.75, 3.05) is 19.8 Å². The summed E-state index contributed by atoms with van der Waals surface area (Å²) >= 11 is 0. The number of hydrogen-bond donors (Lipinski definition) is 2. The van der Waals surface area contributed by atoms with E-state index in [1.807, 2.05) is 18.2 Å². The lowest BCUT2D eigenvalue weighted by Gasteiger charge is -2.11. The fraction of sp³-hybridized carbons (Fsp3) is 0.357. The summed E-state index contributed by atoms with van der Waals surface area (Å²) in [5, 5.41) is 2.93. The number of aliphatic imine (C=N–C) groups is 1. The maximum atomic E-state index is 5.73. The number of fused-ring (bicyclic) bond motifs is 1. The van der Waals surface area contributed by atoms with Crippen molar-refractivity contribution in [3.8, 4) is 11.5 Å². The summed E-state index contributed by atoms with van der Waals surface area (Å²) in [6.07, 6.45) is 2.62. The van der Waals surface area contributed by atoms with Gasteiger partial charge in [-0.05, 0) is 6.07 Å². The van der Waals surface area contributed by atoms with Crippen LogP contribution in [0, 0.1) is 0 Å². The number of nitrogens with one attached hydrogen (secondary N) is 1. The van der Waals surface area contributed by atoms with Crippen LogP contribution in [0.4, 0.5) is 0 Å². The molecule has 0 aromatic heterocycles. The molecular formula is C14H20IN3O2. The van der Waals surface area contributed by atoms with E-state index < -0.39 is 0 Å². The predicted molar refractivity (Wildman–Crippen MR) is 91.0 cm³/mol. The molecule has 0 bridgehead atoms. The highest BCUT2D eigenvalue weighted by molar-refractivity contribution is 14.0. The molecular weight excluding hydrogens is 369 g/mol. The minimum absolute atomic E-state index is 0. The summed E-state index contributed by atoms with van der Waals surface area (Å²) in [6.45, 7) is 6.02. The Hall–Kier alpha value is -1.44. The summed E-state index contributed by atoms with van der Waals surface area (Å²) in [5.41, 5.74) is 6.71. The molecule has 0 atom stereocenters. The fourth-order valence-corrected chi connectivity index (χ4v) is 1.78. The van der Waals surface area contributed by atoms with E-state index in [0.717, 1.165) is 23.5 Å². The second-order valence-corrected chi connectivity index (χ2v) is 4.17. The Morgan fingerprint density at radius 1 is 1.40 bits per heavy atom. The maximum Gasteiger partial charge on any atom is 0.189 e. The lowest BCUT2D eigenvalue weighted by Crippen LogP contribution is -2.31. The van der Waals surface area contributed by atoms with Crippen molar-refractivity contribution in [1.29, 1.82) is 0 Å². The van der Waals surface area contributed by atoms with Crippen molar-refractivity contribution in [1.82, 2.24) is 5.32 Å². The minimum Gasteiger partial charge on any atom is -0.490 e. The van der Waals surface area contributed by atoms with E-state index in [1.165, 1.54) is 0 Å². The van der Waals surface area contributed by atoms with Gasteiger partial charge in [0.2, 0.25) is 0 Å². The summed E-state index contributed by atoms with van der Waals surface area (Å²) in [6, 6.07) is 5.82. The van der Waals surface area contributed by atoms with Gasteiger partial charge in [0.1, 0.15) is 0 Å². The number of nitrogens with zero attached hydrogens (tertiary/aromatic N) is 1. The third-order valence-electron chi connectivity index (χ3n) is 2.70. The topological polar surface area (TPSA) is 68.9 Å². The van der Waals surface area contributed by atoms with Gasteiger partial charge in [-0.1, -0.05) is 18.2 Å². The van der Waals surface area contributed by atoms with E-state index >= 15 is 0 Å². The van der Waals surface area contributed by atoms with Crippen LogP contribution in [0.3, 0.4) is 0 Å². The number of benzene rings is 1. The molecule has 0 radical (unpaired) electrons. The van der Waals surface area contributed by atoms with E-state index in [4.69, 9.17) is 15.2 Å². The van der Waals surface area contributed by atoms with E-state index in [-0.39, 0.29) is 24.0 Å². The molecule has 0 aliphatic carbocycles. The smallest absolute Gasteiger partial charge is 0.189 e. The second-order valence-electron chi connectivity index (χ2n) is 4.17. The van der Waals surface area contributed by atoms with Gasteiger partial charge in [0, 0.05) is 18.5 Å². The standard InChI is InChI=1S/C14H19N3O2.HI/c1-2-7-16-14(15)17-10-11-5-3-6-12-13(11)19-9-4-8-18-12;/h2-3,5-6H,1,4,7-10H2,(H3,15,16,17);1H. The second kappa shape index (κ2) is 8.68. The Balaban J connectivity index is 0.00000200. The number of para-hydroxylation sites is 1. The van der Waals surface area contributed by atoms with Crippen LogP contribution in [0.5, 0.6) is 11.5 Å². The first kappa shape index (κ1) is 16.6. The zero-order valence-corrected chi connectivity index (χ0v) is 13.6. The van der Waals surface area contributed by atoms with Crippen LogP contribution in [0.15, 0.2) is 35.8 Å². The lowest BCUT2D eigenvalue weighted by atomic mass is 10.2. The third kappa shape index (κ3) is 4.59. The number of guanidine groups is 1. The summed E-state index contributed by atoms with van der Waals surface area (Å²) in [5.74, 6) is 1.95. The summed E-state index contributed by atoms with van der Waals surface area (Å²) in [4.78, 5) is 4.27. The van der Waals surface area contributed by atoms with Crippen molar-refractivity contribution in [2.24, 2.45) is 10.7 Å². The Kier molecular flexibility index (Phi) is 7.21. The van der Waals surface area contributed by atoms with Gasteiger partial charge in [-0.2, -0.15) is 0 Å². The monoisotopic (exact) mass is 389 g/mol. The number of hydrogen-bond acceptors (Lipinski definition) is 3. The summed E-state index contributed by atoms with van der Waals surface area (Å²) in [7, 11) is 0. The number of nitrogens with two attached hydrogens (primary N) is 1. The molecule has 0 unspecified atom stereocenters. The predicted octanol–water partition coefficient (Wildman–Crippen LogP) is 2.06. The molecule has 0 spiro atoms. The molecule has 0 saturated carbocycles. The van der Waals surface area contributed by atoms with Gasteiger partial charge in [-0.3, -0.25) is 0 Å². The quantitative estimate of drug-likeness (QED) is 0.358. The van der Waals surface area contributed by atoms with Gasteiger partial charge in [-0.15, -0.1) is 30.6 Å². The zero-order valence-electron chi connectivity index (χ0n) is 11.3. The highest BCUT2D eigenvalue weighted by atomic mass is 127. The highest BCUT2D eigenvalue weighted by Crippen LogP contribution is 2.33. The molecule has 20 heavy (non-hydrogen) atoms. The highest BCUT2D eigenvalue weighted by Gasteiger charge is 2.13. The van der Waals surface area contributed by atoms with Crippen molar-refractivity contribution in [3.05, 3.63) is 36.4 Å². The van der Waals surface area contributed by atoms with Crippen LogP contribution in [0.1, 0.15) is 12.0 Å². The number of halogens is 1. The van der Waals surface area contributed by atoms with Crippen molar-refractivity contribution in [2.45, 2.75) is 13.0 Å². The van der Waals surface area contributed by atoms with Crippen LogP contribution in [-0.2, 0) is 6.54 Å². The molecule has 110 valence electrons. The van der Waals surface area contributed by atoms with Crippen LogP contribution in [0.25, 0.3) is 0 Å². The molecule has 1 aliphatic rings. The van der Waals surface area contributed by atoms with Crippen LogP contribution in [-0.4, -0.2) is 25.7 Å². The average molecular weight is 389 g/mol. The van der Waals surface area contributed by atoms with Gasteiger partial charge >= 0.3 is 0 Å². The van der Waals surface area contributed by atoms with Crippen molar-refractivity contribution in [3.63, 3.8) is 0 Å². The first-order valence-electron chi connectivity index (χ1n) is 6.33. The molecule has 1 aliphatic heterocycles. The van der Waals surface area contributed by atoms with Gasteiger partial charge < -0.3 is 20.5 Å². The summed E-state index contributed by atoms with van der Waals surface area (Å²) < 4.78 is 11.3. The van der Waals surface area contributed by atoms with E-state index in [1.54, 1.807) is 6.08 Å². The Morgan fingerprint density at radius 2 is 2.20 bits per heavy atom. The largest absolute Gasteiger partial charge is 0.490 e. The molecule has 2 rings (SSSR count). The molecule has 6 heteroatoms. The Morgan fingerprint density at radius 3 is 3.00 bits per heavy atom. The molecule has 0 saturated heterocycles. The van der Waals surface area contributed by atoms with Crippen LogP contribution >= 0.6 is 24.0 Å². The van der Waals surface area contributed by atoms with Gasteiger partial charge in [-0.25, -0.2) is 4.99 Å². The first-order chi connectivity index (χ1) is 9.31. The minimum atomic E-state index is 0. The van der Waals surface area contributed by atoms with Crippen molar-refractivity contribution < 1.29 is 9.47 Å². The van der Waals surface area contributed by atoms with Gasteiger partial charge in [0.25, 0.3) is 0 Å². The van der Waals surface area contributed by atoms with Gasteiger partial charge in [0.15, 0.2) is 17.5 Å². The number of ether oxygens (including phenoxy) is 2. The van der Waals surface area contributed by atoms with E-state index in [2.05, 4.69) is 16.9 Å². The third-order valence-corrected chi connectivity index (χ3v) is 2.70. The maximum absolute atomic E-state index is 5.73. The molecule has 3 N–H and O–H groups in total. The van der Waals surface area contributed by atoms with Crippen LogP contribution in [0.2, 0.25) is 0 Å². The molecule has 1 aromatic carbocycles. The lowest BCUT2D eigenvalue weighted by molar-refractivity contribution is 0.296. The van der Waals surface area contributed by atoms with Crippen molar-refractivity contribution >= 4 is 29.9 Å². The molecule has 5 nitrogen and oxygen atoms in total.